The van der Waals surface area contributed by atoms with E-state index in [0.717, 1.165) is 19.3 Å². The Kier molecular flexibility index (Phi) is 4.15. The van der Waals surface area contributed by atoms with Crippen molar-refractivity contribution in [3.63, 3.8) is 0 Å². The standard InChI is InChI=1S/C18H16F2N4O2/c19-16(20)12-6-10(12)11-7-15(13-8-21-18(26)22-17(13)25)24-23-14(11)5-4-9-2-1-3-9/h7-10,12,16H,1-3,6H2,(H2,21,22,25,26)/t10-,12+/m1/s1. The van der Waals surface area contributed by atoms with Gasteiger partial charge in [0, 0.05) is 18.0 Å². The van der Waals surface area contributed by atoms with Gasteiger partial charge in [0.2, 0.25) is 6.43 Å². The van der Waals surface area contributed by atoms with Crippen LogP contribution in [0.4, 0.5) is 8.78 Å². The van der Waals surface area contributed by atoms with Gasteiger partial charge in [0.05, 0.1) is 5.56 Å². The molecule has 134 valence electrons. The first-order chi connectivity index (χ1) is 12.5. The number of H-pyrrole nitrogens is 2. The van der Waals surface area contributed by atoms with E-state index in [1.54, 1.807) is 6.07 Å². The quantitative estimate of drug-likeness (QED) is 0.822. The molecule has 0 aliphatic heterocycles. The molecular formula is C18H16F2N4O2. The van der Waals surface area contributed by atoms with Gasteiger partial charge in [-0.1, -0.05) is 12.3 Å². The van der Waals surface area contributed by atoms with Crippen LogP contribution < -0.4 is 11.2 Å². The molecule has 0 bridgehead atoms. The number of rotatable bonds is 3. The number of nitrogens with one attached hydrogen (secondary N) is 2. The number of aromatic nitrogens is 4. The van der Waals surface area contributed by atoms with E-state index in [0.29, 0.717) is 23.6 Å². The lowest BCUT2D eigenvalue weighted by atomic mass is 9.86. The third kappa shape index (κ3) is 3.17. The van der Waals surface area contributed by atoms with Crippen molar-refractivity contribution in [1.82, 2.24) is 20.2 Å². The third-order valence-corrected chi connectivity index (χ3v) is 4.98. The molecule has 2 saturated carbocycles. The zero-order valence-electron chi connectivity index (χ0n) is 13.8. The van der Waals surface area contributed by atoms with Crippen molar-refractivity contribution >= 4 is 0 Å². The van der Waals surface area contributed by atoms with E-state index in [9.17, 15) is 18.4 Å². The highest BCUT2D eigenvalue weighted by Crippen LogP contribution is 2.51. The van der Waals surface area contributed by atoms with E-state index in [-0.39, 0.29) is 17.2 Å². The molecule has 8 heteroatoms. The van der Waals surface area contributed by atoms with Crippen LogP contribution in [0.25, 0.3) is 11.3 Å². The number of hydrogen-bond donors (Lipinski definition) is 2. The minimum absolute atomic E-state index is 0.131. The van der Waals surface area contributed by atoms with Gasteiger partial charge in [0.1, 0.15) is 11.4 Å². The smallest absolute Gasteiger partial charge is 0.313 e. The van der Waals surface area contributed by atoms with Gasteiger partial charge in [0.25, 0.3) is 5.56 Å². The molecule has 0 aromatic carbocycles. The van der Waals surface area contributed by atoms with E-state index in [1.807, 2.05) is 0 Å². The predicted octanol–water partition coefficient (Wildman–Crippen LogP) is 2.04. The Morgan fingerprint density at radius 1 is 1.23 bits per heavy atom. The average molecular weight is 358 g/mol. The highest BCUT2D eigenvalue weighted by atomic mass is 19.3. The zero-order chi connectivity index (χ0) is 18.3. The van der Waals surface area contributed by atoms with E-state index < -0.39 is 23.6 Å². The summed E-state index contributed by atoms with van der Waals surface area (Å²) >= 11 is 0. The predicted molar refractivity (Wildman–Crippen MR) is 89.8 cm³/mol. The number of hydrogen-bond acceptors (Lipinski definition) is 4. The van der Waals surface area contributed by atoms with Gasteiger partial charge < -0.3 is 4.98 Å². The van der Waals surface area contributed by atoms with Crippen LogP contribution in [0.1, 0.15) is 42.9 Å². The highest BCUT2D eigenvalue weighted by Gasteiger charge is 2.46. The Morgan fingerprint density at radius 2 is 2.04 bits per heavy atom. The Balaban J connectivity index is 1.74. The fraction of sp³-hybridized carbons (Fsp3) is 0.444. The summed E-state index contributed by atoms with van der Waals surface area (Å²) in [6.07, 6.45) is 2.45. The van der Waals surface area contributed by atoms with Gasteiger partial charge in [-0.15, -0.1) is 10.2 Å². The first kappa shape index (κ1) is 16.6. The molecule has 26 heavy (non-hydrogen) atoms. The topological polar surface area (TPSA) is 91.5 Å². The molecule has 0 radical (unpaired) electrons. The van der Waals surface area contributed by atoms with Crippen LogP contribution in [-0.2, 0) is 0 Å². The van der Waals surface area contributed by atoms with Gasteiger partial charge in [-0.2, -0.15) is 0 Å². The van der Waals surface area contributed by atoms with Gasteiger partial charge in [-0.25, -0.2) is 13.6 Å². The average Bonchev–Trinajstić information content (AvgIpc) is 3.34. The molecule has 2 aliphatic carbocycles. The lowest BCUT2D eigenvalue weighted by molar-refractivity contribution is 0.120. The molecule has 2 aromatic rings. The molecule has 2 heterocycles. The van der Waals surface area contributed by atoms with Crippen LogP contribution in [0.2, 0.25) is 0 Å². The van der Waals surface area contributed by atoms with Gasteiger partial charge in [-0.05, 0) is 42.7 Å². The van der Waals surface area contributed by atoms with Crippen LogP contribution >= 0.6 is 0 Å². The summed E-state index contributed by atoms with van der Waals surface area (Å²) in [5, 5.41) is 8.11. The summed E-state index contributed by atoms with van der Waals surface area (Å²) in [4.78, 5) is 27.6. The van der Waals surface area contributed by atoms with Crippen molar-refractivity contribution in [2.45, 2.75) is 38.0 Å². The minimum atomic E-state index is -2.40. The maximum absolute atomic E-state index is 13.0. The minimum Gasteiger partial charge on any atom is -0.313 e. The molecule has 2 N–H and O–H groups in total. The van der Waals surface area contributed by atoms with Gasteiger partial charge in [-0.3, -0.25) is 9.78 Å². The van der Waals surface area contributed by atoms with Crippen LogP contribution in [0.5, 0.6) is 0 Å². The molecule has 0 unspecified atom stereocenters. The van der Waals surface area contributed by atoms with Crippen LogP contribution in [0.3, 0.4) is 0 Å². The highest BCUT2D eigenvalue weighted by molar-refractivity contribution is 5.59. The van der Waals surface area contributed by atoms with E-state index in [2.05, 4.69) is 32.0 Å². The van der Waals surface area contributed by atoms with Gasteiger partial charge >= 0.3 is 5.69 Å². The molecule has 6 nitrogen and oxygen atoms in total. The lowest BCUT2D eigenvalue weighted by Gasteiger charge is -2.18. The lowest BCUT2D eigenvalue weighted by Crippen LogP contribution is -2.23. The number of halogens is 2. The maximum atomic E-state index is 13.0. The normalized spacial score (nSPS) is 21.8. The Morgan fingerprint density at radius 3 is 2.65 bits per heavy atom. The third-order valence-electron chi connectivity index (χ3n) is 4.98. The molecule has 0 saturated heterocycles. The molecular weight excluding hydrogens is 342 g/mol. The summed E-state index contributed by atoms with van der Waals surface area (Å²) in [5.74, 6) is 5.39. The van der Waals surface area contributed by atoms with Crippen LogP contribution in [0, 0.1) is 23.7 Å². The molecule has 2 aromatic heterocycles. The summed E-state index contributed by atoms with van der Waals surface area (Å²) in [6.45, 7) is 0. The second kappa shape index (κ2) is 6.48. The number of nitrogens with zero attached hydrogens (tertiary/aromatic N) is 2. The Hall–Kier alpha value is -2.82. The largest absolute Gasteiger partial charge is 0.325 e. The van der Waals surface area contributed by atoms with Crippen LogP contribution in [0.15, 0.2) is 21.9 Å². The van der Waals surface area contributed by atoms with Crippen molar-refractivity contribution in [3.8, 4) is 23.1 Å². The maximum Gasteiger partial charge on any atom is 0.325 e. The van der Waals surface area contributed by atoms with Crippen molar-refractivity contribution in [2.75, 3.05) is 0 Å². The monoisotopic (exact) mass is 358 g/mol. The summed E-state index contributed by atoms with van der Waals surface area (Å²) in [6, 6.07) is 1.59. The van der Waals surface area contributed by atoms with E-state index in [1.165, 1.54) is 6.20 Å². The fourth-order valence-electron chi connectivity index (χ4n) is 3.09. The fourth-order valence-corrected chi connectivity index (χ4v) is 3.09. The second-order valence-corrected chi connectivity index (χ2v) is 6.76. The van der Waals surface area contributed by atoms with Crippen molar-refractivity contribution in [1.29, 1.82) is 0 Å². The first-order valence-electron chi connectivity index (χ1n) is 8.52. The van der Waals surface area contributed by atoms with Crippen molar-refractivity contribution in [2.24, 2.45) is 11.8 Å². The second-order valence-electron chi connectivity index (χ2n) is 6.76. The molecule has 0 amide bonds. The first-order valence-corrected chi connectivity index (χ1v) is 8.52. The Bertz CT molecular complexity index is 1010. The number of alkyl halides is 2. The molecule has 4 rings (SSSR count). The van der Waals surface area contributed by atoms with Crippen molar-refractivity contribution in [3.05, 3.63) is 44.4 Å². The summed E-state index contributed by atoms with van der Waals surface area (Å²) < 4.78 is 26.1. The zero-order valence-corrected chi connectivity index (χ0v) is 13.8. The summed E-state index contributed by atoms with van der Waals surface area (Å²) in [7, 11) is 0. The SMILES string of the molecule is O=c1[nH]cc(-c2cc([C@H]3C[C@@H]3C(F)F)c(C#CC3CCC3)nn2)c(=O)[nH]1. The molecule has 0 spiro atoms. The summed E-state index contributed by atoms with van der Waals surface area (Å²) in [5.41, 5.74) is 0.114. The van der Waals surface area contributed by atoms with Crippen molar-refractivity contribution < 1.29 is 8.78 Å². The van der Waals surface area contributed by atoms with E-state index in [4.69, 9.17) is 0 Å². The van der Waals surface area contributed by atoms with Crippen LogP contribution in [-0.4, -0.2) is 26.6 Å². The molecule has 2 atom stereocenters. The number of aromatic amines is 2. The molecule has 2 aliphatic rings. The molecule has 2 fully saturated rings. The Labute approximate surface area is 147 Å². The van der Waals surface area contributed by atoms with Gasteiger partial charge in [0.15, 0.2) is 0 Å². The van der Waals surface area contributed by atoms with E-state index >= 15 is 0 Å².